The number of carbonyl (C=O) groups excluding carboxylic acids is 1. The summed E-state index contributed by atoms with van der Waals surface area (Å²) in [5, 5.41) is 5.78. The Morgan fingerprint density at radius 2 is 2.15 bits per heavy atom. The van der Waals surface area contributed by atoms with Gasteiger partial charge in [-0.2, -0.15) is 10.1 Å². The number of hydrogen-bond acceptors (Lipinski definition) is 2. The normalized spacial score (nSPS) is 15.5. The molecule has 1 aliphatic rings. The SMILES string of the molecule is O=C1CC=NN1c1ccccc1Cl. The van der Waals surface area contributed by atoms with Crippen molar-refractivity contribution in [3.8, 4) is 0 Å². The van der Waals surface area contributed by atoms with E-state index in [1.807, 2.05) is 12.1 Å². The molecule has 0 saturated carbocycles. The third-order valence-corrected chi connectivity index (χ3v) is 2.10. The van der Waals surface area contributed by atoms with Crippen molar-refractivity contribution >= 4 is 29.4 Å². The van der Waals surface area contributed by atoms with Crippen LogP contribution in [0.5, 0.6) is 0 Å². The molecule has 0 atom stereocenters. The van der Waals surface area contributed by atoms with E-state index >= 15 is 0 Å². The standard InChI is InChI=1S/C9H7ClN2O/c10-7-3-1-2-4-8(7)12-9(13)5-6-11-12/h1-4,6H,5H2. The summed E-state index contributed by atoms with van der Waals surface area (Å²) in [5.41, 5.74) is 0.642. The van der Waals surface area contributed by atoms with E-state index in [0.717, 1.165) is 0 Å². The van der Waals surface area contributed by atoms with Crippen LogP contribution >= 0.6 is 11.6 Å². The molecule has 0 saturated heterocycles. The molecule has 66 valence electrons. The summed E-state index contributed by atoms with van der Waals surface area (Å²) in [4.78, 5) is 11.3. The topological polar surface area (TPSA) is 32.7 Å². The molecule has 4 heteroatoms. The van der Waals surface area contributed by atoms with Gasteiger partial charge in [-0.05, 0) is 12.1 Å². The van der Waals surface area contributed by atoms with E-state index < -0.39 is 0 Å². The van der Waals surface area contributed by atoms with Crippen LogP contribution in [0.2, 0.25) is 5.02 Å². The van der Waals surface area contributed by atoms with Crippen molar-refractivity contribution in [2.45, 2.75) is 6.42 Å². The highest BCUT2D eigenvalue weighted by Crippen LogP contribution is 2.27. The summed E-state index contributed by atoms with van der Waals surface area (Å²) in [6.45, 7) is 0. The first-order valence-electron chi connectivity index (χ1n) is 3.89. The number of hydrazone groups is 1. The Labute approximate surface area is 80.6 Å². The molecule has 0 unspecified atom stereocenters. The molecule has 2 rings (SSSR count). The van der Waals surface area contributed by atoms with Gasteiger partial charge in [0.1, 0.15) is 0 Å². The van der Waals surface area contributed by atoms with Crippen molar-refractivity contribution in [1.82, 2.24) is 0 Å². The zero-order valence-electron chi connectivity index (χ0n) is 6.77. The van der Waals surface area contributed by atoms with Crippen LogP contribution in [0.1, 0.15) is 6.42 Å². The highest BCUT2D eigenvalue weighted by molar-refractivity contribution is 6.34. The summed E-state index contributed by atoms with van der Waals surface area (Å²) in [6, 6.07) is 7.14. The Hall–Kier alpha value is -1.35. The first-order chi connectivity index (χ1) is 6.29. The molecule has 13 heavy (non-hydrogen) atoms. The van der Waals surface area contributed by atoms with Crippen molar-refractivity contribution < 1.29 is 4.79 Å². The van der Waals surface area contributed by atoms with E-state index in [9.17, 15) is 4.79 Å². The number of anilines is 1. The van der Waals surface area contributed by atoms with Crippen molar-refractivity contribution in [1.29, 1.82) is 0 Å². The highest BCUT2D eigenvalue weighted by atomic mass is 35.5. The molecule has 1 aliphatic heterocycles. The number of nitrogens with zero attached hydrogens (tertiary/aromatic N) is 2. The summed E-state index contributed by atoms with van der Waals surface area (Å²) in [5.74, 6) is -0.0481. The molecule has 0 aromatic heterocycles. The molecule has 0 N–H and O–H groups in total. The summed E-state index contributed by atoms with van der Waals surface area (Å²) >= 11 is 5.90. The number of amides is 1. The first-order valence-corrected chi connectivity index (χ1v) is 4.27. The van der Waals surface area contributed by atoms with Gasteiger partial charge in [-0.1, -0.05) is 23.7 Å². The van der Waals surface area contributed by atoms with Crippen molar-refractivity contribution in [3.63, 3.8) is 0 Å². The maximum absolute atomic E-state index is 11.3. The van der Waals surface area contributed by atoms with Gasteiger partial charge in [-0.15, -0.1) is 0 Å². The molecular weight excluding hydrogens is 188 g/mol. The Morgan fingerprint density at radius 3 is 2.77 bits per heavy atom. The van der Waals surface area contributed by atoms with Crippen LogP contribution in [-0.4, -0.2) is 12.1 Å². The lowest BCUT2D eigenvalue weighted by Gasteiger charge is -2.12. The second-order valence-corrected chi connectivity index (χ2v) is 3.07. The van der Waals surface area contributed by atoms with Gasteiger partial charge >= 0.3 is 0 Å². The van der Waals surface area contributed by atoms with E-state index in [1.54, 1.807) is 18.3 Å². The number of hydrogen-bond donors (Lipinski definition) is 0. The number of carbonyl (C=O) groups is 1. The smallest absolute Gasteiger partial charge is 0.252 e. The molecule has 1 aromatic rings. The molecule has 0 bridgehead atoms. The number of para-hydroxylation sites is 1. The summed E-state index contributed by atoms with van der Waals surface area (Å²) in [7, 11) is 0. The second-order valence-electron chi connectivity index (χ2n) is 2.66. The van der Waals surface area contributed by atoms with Crippen LogP contribution in [0.3, 0.4) is 0 Å². The Kier molecular flexibility index (Phi) is 2.02. The van der Waals surface area contributed by atoms with Crippen molar-refractivity contribution in [2.75, 3.05) is 5.01 Å². The molecule has 0 aliphatic carbocycles. The van der Waals surface area contributed by atoms with E-state index in [-0.39, 0.29) is 5.91 Å². The fourth-order valence-electron chi connectivity index (χ4n) is 1.17. The van der Waals surface area contributed by atoms with Crippen molar-refractivity contribution in [2.24, 2.45) is 5.10 Å². The van der Waals surface area contributed by atoms with Crippen LogP contribution in [0.25, 0.3) is 0 Å². The molecule has 1 heterocycles. The minimum atomic E-state index is -0.0481. The Morgan fingerprint density at radius 1 is 1.38 bits per heavy atom. The van der Waals surface area contributed by atoms with Crippen LogP contribution in [0.4, 0.5) is 5.69 Å². The van der Waals surface area contributed by atoms with Crippen LogP contribution in [0, 0.1) is 0 Å². The van der Waals surface area contributed by atoms with Crippen LogP contribution < -0.4 is 5.01 Å². The molecule has 3 nitrogen and oxygen atoms in total. The van der Waals surface area contributed by atoms with Gasteiger partial charge in [0, 0.05) is 6.21 Å². The third-order valence-electron chi connectivity index (χ3n) is 1.78. The van der Waals surface area contributed by atoms with Gasteiger partial charge in [0.05, 0.1) is 17.1 Å². The fourth-order valence-corrected chi connectivity index (χ4v) is 1.39. The molecule has 0 radical (unpaired) electrons. The third kappa shape index (κ3) is 1.42. The average Bonchev–Trinajstić information content (AvgIpc) is 2.52. The predicted octanol–water partition coefficient (Wildman–Crippen LogP) is 2.06. The van der Waals surface area contributed by atoms with Gasteiger partial charge in [-0.3, -0.25) is 4.79 Å². The quantitative estimate of drug-likeness (QED) is 0.674. The number of halogens is 1. The summed E-state index contributed by atoms with van der Waals surface area (Å²) < 4.78 is 0. The summed E-state index contributed by atoms with van der Waals surface area (Å²) in [6.07, 6.45) is 1.93. The molecule has 1 amide bonds. The highest BCUT2D eigenvalue weighted by Gasteiger charge is 2.20. The van der Waals surface area contributed by atoms with Crippen LogP contribution in [0.15, 0.2) is 29.4 Å². The lowest BCUT2D eigenvalue weighted by atomic mass is 10.3. The van der Waals surface area contributed by atoms with Crippen LogP contribution in [-0.2, 0) is 4.79 Å². The molecule has 0 spiro atoms. The van der Waals surface area contributed by atoms with E-state index in [0.29, 0.717) is 17.1 Å². The predicted molar refractivity (Wildman–Crippen MR) is 52.0 cm³/mol. The Bertz CT molecular complexity index is 376. The number of benzene rings is 1. The first kappa shape index (κ1) is 8.26. The lowest BCUT2D eigenvalue weighted by Crippen LogP contribution is -2.19. The fraction of sp³-hybridized carbons (Fsp3) is 0.111. The largest absolute Gasteiger partial charge is 0.272 e. The van der Waals surface area contributed by atoms with E-state index in [1.165, 1.54) is 5.01 Å². The van der Waals surface area contributed by atoms with Gasteiger partial charge in [0.25, 0.3) is 5.91 Å². The maximum Gasteiger partial charge on any atom is 0.252 e. The minimum Gasteiger partial charge on any atom is -0.272 e. The maximum atomic E-state index is 11.3. The van der Waals surface area contributed by atoms with Crippen molar-refractivity contribution in [3.05, 3.63) is 29.3 Å². The van der Waals surface area contributed by atoms with E-state index in [2.05, 4.69) is 5.10 Å². The zero-order valence-corrected chi connectivity index (χ0v) is 7.53. The Balaban J connectivity index is 2.40. The van der Waals surface area contributed by atoms with E-state index in [4.69, 9.17) is 11.6 Å². The minimum absolute atomic E-state index is 0.0481. The van der Waals surface area contributed by atoms with Gasteiger partial charge < -0.3 is 0 Å². The monoisotopic (exact) mass is 194 g/mol. The number of rotatable bonds is 1. The van der Waals surface area contributed by atoms with Gasteiger partial charge in [0.2, 0.25) is 0 Å². The van der Waals surface area contributed by atoms with Gasteiger partial charge in [0.15, 0.2) is 0 Å². The molecule has 1 aromatic carbocycles. The molecule has 0 fully saturated rings. The average molecular weight is 195 g/mol. The van der Waals surface area contributed by atoms with Gasteiger partial charge in [-0.25, -0.2) is 0 Å². The lowest BCUT2D eigenvalue weighted by molar-refractivity contribution is -0.116. The zero-order chi connectivity index (χ0) is 9.26. The second kappa shape index (κ2) is 3.18. The molecular formula is C9H7ClN2O.